The summed E-state index contributed by atoms with van der Waals surface area (Å²) in [6.45, 7) is 5.72. The number of nitrogens with one attached hydrogen (secondary N) is 1. The third-order valence-electron chi connectivity index (χ3n) is 3.82. The lowest BCUT2D eigenvalue weighted by atomic mass is 10.2. The van der Waals surface area contributed by atoms with Gasteiger partial charge in [-0.25, -0.2) is 0 Å². The first-order chi connectivity index (χ1) is 13.3. The Bertz CT molecular complexity index is 1070. The van der Waals surface area contributed by atoms with Crippen LogP contribution in [0.4, 0.5) is 0 Å². The zero-order chi connectivity index (χ0) is 20.7. The molecule has 0 aliphatic heterocycles. The number of fused-ring (bicyclic) bond motifs is 1. The van der Waals surface area contributed by atoms with E-state index in [1.807, 2.05) is 36.6 Å². The standard InChI is InChI=1S/C12H16N2O2S.C7H8O3S/c1-3-16-9-5-4-6-10-11(9)14(7-8-15-2)12(13)17-10;1-6-2-4-7(5-3-6)11(8,9)10/h4-6,13H,3,7-8H2,1-2H3;2-5H,1H3,(H,8,9,10). The van der Waals surface area contributed by atoms with Crippen LogP contribution in [-0.2, 0) is 21.4 Å². The van der Waals surface area contributed by atoms with Crippen LogP contribution in [0.15, 0.2) is 47.4 Å². The summed E-state index contributed by atoms with van der Waals surface area (Å²) in [5.74, 6) is 0.843. The van der Waals surface area contributed by atoms with E-state index in [9.17, 15) is 8.42 Å². The molecule has 9 heteroatoms. The van der Waals surface area contributed by atoms with Gasteiger partial charge >= 0.3 is 0 Å². The van der Waals surface area contributed by atoms with Crippen LogP contribution < -0.4 is 9.54 Å². The number of ether oxygens (including phenoxy) is 2. The summed E-state index contributed by atoms with van der Waals surface area (Å²) in [7, 11) is -2.35. The number of methoxy groups -OCH3 is 1. The van der Waals surface area contributed by atoms with E-state index in [1.165, 1.54) is 23.5 Å². The zero-order valence-corrected chi connectivity index (χ0v) is 17.6. The maximum Gasteiger partial charge on any atom is 0.294 e. The molecule has 28 heavy (non-hydrogen) atoms. The van der Waals surface area contributed by atoms with E-state index in [1.54, 1.807) is 19.2 Å². The molecule has 0 aliphatic rings. The van der Waals surface area contributed by atoms with Crippen molar-refractivity contribution in [2.45, 2.75) is 25.3 Å². The van der Waals surface area contributed by atoms with Gasteiger partial charge in [-0.3, -0.25) is 9.96 Å². The summed E-state index contributed by atoms with van der Waals surface area (Å²) >= 11 is 1.46. The van der Waals surface area contributed by atoms with Gasteiger partial charge in [-0.2, -0.15) is 8.42 Å². The molecule has 1 heterocycles. The summed E-state index contributed by atoms with van der Waals surface area (Å²) in [6.07, 6.45) is 0. The second-order valence-corrected chi connectivity index (χ2v) is 8.33. The van der Waals surface area contributed by atoms with Gasteiger partial charge in [-0.05, 0) is 38.1 Å². The molecular formula is C19H24N2O5S2. The molecule has 0 radical (unpaired) electrons. The summed E-state index contributed by atoms with van der Waals surface area (Å²) in [6, 6.07) is 11.9. The minimum Gasteiger partial charge on any atom is -0.492 e. The molecule has 0 fully saturated rings. The van der Waals surface area contributed by atoms with E-state index in [-0.39, 0.29) is 4.90 Å². The first kappa shape index (κ1) is 22.1. The maximum atomic E-state index is 10.5. The van der Waals surface area contributed by atoms with Gasteiger partial charge in [0.25, 0.3) is 10.1 Å². The predicted molar refractivity (Wildman–Crippen MR) is 110 cm³/mol. The highest BCUT2D eigenvalue weighted by atomic mass is 32.2. The predicted octanol–water partition coefficient (Wildman–Crippen LogP) is 3.47. The Morgan fingerprint density at radius 2 is 1.86 bits per heavy atom. The Morgan fingerprint density at radius 3 is 2.43 bits per heavy atom. The molecule has 0 bridgehead atoms. The number of para-hydroxylation sites is 1. The van der Waals surface area contributed by atoms with Crippen molar-refractivity contribution < 1.29 is 22.4 Å². The minimum absolute atomic E-state index is 0.0666. The van der Waals surface area contributed by atoms with Crippen molar-refractivity contribution in [3.05, 3.63) is 52.8 Å². The molecule has 0 aliphatic carbocycles. The van der Waals surface area contributed by atoms with Crippen LogP contribution in [0.1, 0.15) is 12.5 Å². The quantitative estimate of drug-likeness (QED) is 0.590. The maximum absolute atomic E-state index is 10.5. The smallest absolute Gasteiger partial charge is 0.294 e. The Kier molecular flexibility index (Phi) is 7.76. The van der Waals surface area contributed by atoms with Crippen LogP contribution in [0.25, 0.3) is 10.2 Å². The van der Waals surface area contributed by atoms with Crippen molar-refractivity contribution in [1.82, 2.24) is 4.57 Å². The van der Waals surface area contributed by atoms with Gasteiger partial charge in [0.15, 0.2) is 4.80 Å². The molecule has 0 saturated carbocycles. The molecule has 2 N–H and O–H groups in total. The number of hydrogen-bond acceptors (Lipinski definition) is 6. The Morgan fingerprint density at radius 1 is 1.18 bits per heavy atom. The Labute approximate surface area is 168 Å². The van der Waals surface area contributed by atoms with Gasteiger partial charge in [0.2, 0.25) is 0 Å². The number of aryl methyl sites for hydroxylation is 1. The molecule has 7 nitrogen and oxygen atoms in total. The van der Waals surface area contributed by atoms with Gasteiger partial charge in [0.05, 0.1) is 22.8 Å². The summed E-state index contributed by atoms with van der Waals surface area (Å²) < 4.78 is 43.3. The third kappa shape index (κ3) is 5.65. The number of benzene rings is 2. The highest BCUT2D eigenvalue weighted by Gasteiger charge is 2.10. The average molecular weight is 425 g/mol. The van der Waals surface area contributed by atoms with Crippen molar-refractivity contribution in [1.29, 1.82) is 5.41 Å². The second kappa shape index (κ2) is 9.83. The number of rotatable bonds is 6. The van der Waals surface area contributed by atoms with E-state index < -0.39 is 10.1 Å². The van der Waals surface area contributed by atoms with Crippen LogP contribution in [0.3, 0.4) is 0 Å². The first-order valence-electron chi connectivity index (χ1n) is 8.60. The van der Waals surface area contributed by atoms with Crippen molar-refractivity contribution in [3.8, 4) is 5.75 Å². The SMILES string of the molecule is CCOc1cccc2sc(=N)n(CCOC)c12.Cc1ccc(S(=O)(=O)O)cc1. The van der Waals surface area contributed by atoms with Crippen molar-refractivity contribution in [3.63, 3.8) is 0 Å². The lowest BCUT2D eigenvalue weighted by Gasteiger charge is -2.08. The number of aromatic nitrogens is 1. The lowest BCUT2D eigenvalue weighted by molar-refractivity contribution is 0.187. The summed E-state index contributed by atoms with van der Waals surface area (Å²) in [4.78, 5) is 0.465. The third-order valence-corrected chi connectivity index (χ3v) is 5.65. The van der Waals surface area contributed by atoms with E-state index >= 15 is 0 Å². The fourth-order valence-electron chi connectivity index (χ4n) is 2.49. The summed E-state index contributed by atoms with van der Waals surface area (Å²) in [5, 5.41) is 7.98. The second-order valence-electron chi connectivity index (χ2n) is 5.88. The van der Waals surface area contributed by atoms with Gasteiger partial charge in [-0.1, -0.05) is 35.1 Å². The molecule has 3 aromatic rings. The van der Waals surface area contributed by atoms with Crippen LogP contribution in [0.5, 0.6) is 5.75 Å². The van der Waals surface area contributed by atoms with Crippen molar-refractivity contribution in [2.75, 3.05) is 20.3 Å². The molecule has 3 rings (SSSR count). The fraction of sp³-hybridized carbons (Fsp3) is 0.316. The molecule has 1 aromatic heterocycles. The van der Waals surface area contributed by atoms with Crippen LogP contribution >= 0.6 is 11.3 Å². The molecule has 0 unspecified atom stereocenters. The molecule has 0 saturated heterocycles. The highest BCUT2D eigenvalue weighted by Crippen LogP contribution is 2.27. The van der Waals surface area contributed by atoms with E-state index in [0.29, 0.717) is 24.6 Å². The first-order valence-corrected chi connectivity index (χ1v) is 10.9. The van der Waals surface area contributed by atoms with Crippen LogP contribution in [0.2, 0.25) is 0 Å². The minimum atomic E-state index is -4.02. The number of hydrogen-bond donors (Lipinski definition) is 2. The summed E-state index contributed by atoms with van der Waals surface area (Å²) in [5.41, 5.74) is 1.96. The van der Waals surface area contributed by atoms with E-state index in [2.05, 4.69) is 0 Å². The van der Waals surface area contributed by atoms with Gasteiger partial charge in [0.1, 0.15) is 11.3 Å². The normalized spacial score (nSPS) is 11.1. The average Bonchev–Trinajstić information content (AvgIpc) is 2.96. The van der Waals surface area contributed by atoms with Gasteiger partial charge < -0.3 is 14.0 Å². The van der Waals surface area contributed by atoms with Gasteiger partial charge in [0, 0.05) is 13.7 Å². The molecule has 0 amide bonds. The zero-order valence-electron chi connectivity index (χ0n) is 16.0. The number of thiazole rings is 1. The molecular weight excluding hydrogens is 400 g/mol. The van der Waals surface area contributed by atoms with Crippen LogP contribution in [0, 0.1) is 12.3 Å². The highest BCUT2D eigenvalue weighted by molar-refractivity contribution is 7.85. The Hall–Kier alpha value is -2.20. The number of nitrogens with zero attached hydrogens (tertiary/aromatic N) is 1. The largest absolute Gasteiger partial charge is 0.492 e. The lowest BCUT2D eigenvalue weighted by Crippen LogP contribution is -2.16. The fourth-order valence-corrected chi connectivity index (χ4v) is 3.92. The van der Waals surface area contributed by atoms with E-state index in [4.69, 9.17) is 19.4 Å². The van der Waals surface area contributed by atoms with E-state index in [0.717, 1.165) is 21.5 Å². The molecule has 2 aromatic carbocycles. The van der Waals surface area contributed by atoms with Crippen molar-refractivity contribution >= 4 is 31.7 Å². The molecule has 0 spiro atoms. The van der Waals surface area contributed by atoms with Crippen LogP contribution in [-0.4, -0.2) is 37.9 Å². The molecule has 152 valence electrons. The topological polar surface area (TPSA) is 102 Å². The monoisotopic (exact) mass is 424 g/mol. The van der Waals surface area contributed by atoms with Gasteiger partial charge in [-0.15, -0.1) is 0 Å². The molecule has 0 atom stereocenters. The van der Waals surface area contributed by atoms with Crippen molar-refractivity contribution in [2.24, 2.45) is 0 Å². The Balaban J connectivity index is 0.000000221.